The van der Waals surface area contributed by atoms with E-state index in [1.807, 2.05) is 66.1 Å². The van der Waals surface area contributed by atoms with Crippen molar-refractivity contribution in [2.75, 3.05) is 4.90 Å². The molecule has 0 radical (unpaired) electrons. The molecule has 0 saturated heterocycles. The van der Waals surface area contributed by atoms with Crippen molar-refractivity contribution in [3.8, 4) is 0 Å². The minimum absolute atomic E-state index is 0. The highest BCUT2D eigenvalue weighted by Crippen LogP contribution is 2.26. The molecule has 0 saturated carbocycles. The van der Waals surface area contributed by atoms with Gasteiger partial charge in [-0.2, -0.15) is 4.57 Å². The first kappa shape index (κ1) is 18.2. The average molecular weight is 434 g/mol. The molecule has 5 heteroatoms. The van der Waals surface area contributed by atoms with Crippen LogP contribution < -0.4 is 33.4 Å². The van der Waals surface area contributed by atoms with Crippen LogP contribution in [0.1, 0.15) is 19.7 Å². The number of aromatic nitrogens is 1. The lowest BCUT2D eigenvalue weighted by Crippen LogP contribution is -3.00. The SMILES string of the molecule is C=C(c1oc2ccccc2[n+]1CC)N(C(C)=O)c1ccccc1.[I-]. The maximum absolute atomic E-state index is 12.2. The molecule has 0 unspecified atom stereocenters. The maximum atomic E-state index is 12.2. The summed E-state index contributed by atoms with van der Waals surface area (Å²) >= 11 is 0. The van der Waals surface area contributed by atoms with E-state index in [-0.39, 0.29) is 29.9 Å². The summed E-state index contributed by atoms with van der Waals surface area (Å²) in [6.07, 6.45) is 0. The third kappa shape index (κ3) is 3.21. The summed E-state index contributed by atoms with van der Waals surface area (Å²) in [4.78, 5) is 13.8. The van der Waals surface area contributed by atoms with Crippen molar-refractivity contribution >= 4 is 28.4 Å². The number of carbonyl (C=O) groups is 1. The summed E-state index contributed by atoms with van der Waals surface area (Å²) in [6.45, 7) is 8.41. The molecule has 0 fully saturated rings. The zero-order chi connectivity index (χ0) is 16.4. The summed E-state index contributed by atoms with van der Waals surface area (Å²) in [5.74, 6) is 0.483. The number of benzene rings is 2. The van der Waals surface area contributed by atoms with E-state index in [4.69, 9.17) is 4.42 Å². The molecule has 2 aromatic carbocycles. The van der Waals surface area contributed by atoms with Crippen LogP contribution in [0.3, 0.4) is 0 Å². The van der Waals surface area contributed by atoms with E-state index in [1.165, 1.54) is 6.92 Å². The lowest BCUT2D eigenvalue weighted by Gasteiger charge is -2.20. The quantitative estimate of drug-likeness (QED) is 0.450. The van der Waals surface area contributed by atoms with Crippen molar-refractivity contribution in [2.24, 2.45) is 0 Å². The minimum atomic E-state index is -0.107. The van der Waals surface area contributed by atoms with Crippen LogP contribution in [0.2, 0.25) is 0 Å². The van der Waals surface area contributed by atoms with Crippen LogP contribution >= 0.6 is 0 Å². The maximum Gasteiger partial charge on any atom is 0.398 e. The van der Waals surface area contributed by atoms with Crippen molar-refractivity contribution in [3.05, 3.63) is 67.1 Å². The average Bonchev–Trinajstić information content (AvgIpc) is 2.94. The van der Waals surface area contributed by atoms with Gasteiger partial charge in [-0.05, 0) is 25.1 Å². The lowest BCUT2D eigenvalue weighted by molar-refractivity contribution is -0.675. The molecule has 24 heavy (non-hydrogen) atoms. The molecule has 0 aliphatic carbocycles. The van der Waals surface area contributed by atoms with E-state index in [9.17, 15) is 4.79 Å². The smallest absolute Gasteiger partial charge is 0.398 e. The first-order valence-corrected chi connectivity index (χ1v) is 7.60. The fraction of sp³-hybridized carbons (Fsp3) is 0.158. The van der Waals surface area contributed by atoms with Gasteiger partial charge in [-0.1, -0.05) is 36.9 Å². The summed E-state index contributed by atoms with van der Waals surface area (Å²) in [7, 11) is 0. The third-order valence-corrected chi connectivity index (χ3v) is 3.77. The number of carbonyl (C=O) groups excluding carboxylic acids is 1. The largest absolute Gasteiger partial charge is 1.00 e. The second-order valence-electron chi connectivity index (χ2n) is 5.26. The monoisotopic (exact) mass is 434 g/mol. The van der Waals surface area contributed by atoms with Crippen molar-refractivity contribution in [1.82, 2.24) is 0 Å². The van der Waals surface area contributed by atoms with E-state index in [0.29, 0.717) is 11.6 Å². The number of anilines is 1. The number of halogens is 1. The van der Waals surface area contributed by atoms with Crippen molar-refractivity contribution < 1.29 is 37.8 Å². The van der Waals surface area contributed by atoms with Gasteiger partial charge in [-0.25, -0.2) is 0 Å². The van der Waals surface area contributed by atoms with Gasteiger partial charge in [0, 0.05) is 18.7 Å². The molecule has 4 nitrogen and oxygen atoms in total. The van der Waals surface area contributed by atoms with Crippen LogP contribution in [0.15, 0.2) is 65.6 Å². The van der Waals surface area contributed by atoms with Crippen LogP contribution in [-0.2, 0) is 11.3 Å². The fourth-order valence-electron chi connectivity index (χ4n) is 2.76. The van der Waals surface area contributed by atoms with Gasteiger partial charge >= 0.3 is 5.89 Å². The van der Waals surface area contributed by atoms with Gasteiger partial charge in [0.15, 0.2) is 5.70 Å². The molecule has 124 valence electrons. The highest BCUT2D eigenvalue weighted by atomic mass is 127. The molecule has 3 aromatic rings. The Hall–Kier alpha value is -2.15. The van der Waals surface area contributed by atoms with E-state index >= 15 is 0 Å². The molecule has 0 aliphatic heterocycles. The topological polar surface area (TPSA) is 37.3 Å². The van der Waals surface area contributed by atoms with Gasteiger partial charge in [0.2, 0.25) is 11.5 Å². The Balaban J connectivity index is 0.00000208. The van der Waals surface area contributed by atoms with Crippen LogP contribution in [0, 0.1) is 0 Å². The highest BCUT2D eigenvalue weighted by Gasteiger charge is 2.29. The van der Waals surface area contributed by atoms with Gasteiger partial charge in [0.05, 0.1) is 0 Å². The van der Waals surface area contributed by atoms with E-state index in [2.05, 4.69) is 6.58 Å². The number of para-hydroxylation sites is 3. The molecular formula is C19H19IN2O2. The minimum Gasteiger partial charge on any atom is -1.00 e. The Labute approximate surface area is 158 Å². The zero-order valence-corrected chi connectivity index (χ0v) is 15.9. The number of oxazole rings is 1. The molecule has 0 N–H and O–H groups in total. The number of fused-ring (bicyclic) bond motifs is 1. The van der Waals surface area contributed by atoms with Crippen molar-refractivity contribution in [2.45, 2.75) is 20.4 Å². The molecule has 0 atom stereocenters. The number of aryl methyl sites for hydroxylation is 1. The van der Waals surface area contributed by atoms with Crippen LogP contribution in [0.25, 0.3) is 16.8 Å². The van der Waals surface area contributed by atoms with Crippen molar-refractivity contribution in [3.63, 3.8) is 0 Å². The van der Waals surface area contributed by atoms with Crippen LogP contribution in [0.5, 0.6) is 0 Å². The summed E-state index contributed by atoms with van der Waals surface area (Å²) < 4.78 is 8.00. The number of amides is 1. The molecule has 0 aliphatic rings. The first-order valence-electron chi connectivity index (χ1n) is 7.60. The second kappa shape index (κ2) is 7.61. The first-order chi connectivity index (χ1) is 11.1. The molecule has 0 spiro atoms. The van der Waals surface area contributed by atoms with Gasteiger partial charge in [-0.15, -0.1) is 0 Å². The van der Waals surface area contributed by atoms with Gasteiger partial charge in [0.25, 0.3) is 5.52 Å². The number of hydrogen-bond acceptors (Lipinski definition) is 2. The lowest BCUT2D eigenvalue weighted by atomic mass is 10.2. The fourth-order valence-corrected chi connectivity index (χ4v) is 2.76. The van der Waals surface area contributed by atoms with Crippen molar-refractivity contribution in [1.29, 1.82) is 0 Å². The Bertz CT molecular complexity index is 871. The number of rotatable bonds is 4. The van der Waals surface area contributed by atoms with Crippen LogP contribution in [-0.4, -0.2) is 5.91 Å². The Morgan fingerprint density at radius 2 is 1.75 bits per heavy atom. The Kier molecular flexibility index (Phi) is 5.77. The molecular weight excluding hydrogens is 415 g/mol. The molecule has 0 bridgehead atoms. The molecule has 3 rings (SSSR count). The summed E-state index contributed by atoms with van der Waals surface area (Å²) in [5.41, 5.74) is 3.07. The third-order valence-electron chi connectivity index (χ3n) is 3.77. The summed E-state index contributed by atoms with van der Waals surface area (Å²) in [5, 5.41) is 0. The van der Waals surface area contributed by atoms with E-state index in [0.717, 1.165) is 23.3 Å². The predicted molar refractivity (Wildman–Crippen MR) is 90.7 cm³/mol. The zero-order valence-electron chi connectivity index (χ0n) is 13.7. The van der Waals surface area contributed by atoms with Gasteiger partial charge < -0.3 is 28.4 Å². The van der Waals surface area contributed by atoms with E-state index < -0.39 is 0 Å². The Morgan fingerprint density at radius 1 is 1.12 bits per heavy atom. The van der Waals surface area contributed by atoms with Gasteiger partial charge in [-0.3, -0.25) is 9.69 Å². The Morgan fingerprint density at radius 3 is 2.38 bits per heavy atom. The number of hydrogen-bond donors (Lipinski definition) is 0. The molecule has 1 amide bonds. The van der Waals surface area contributed by atoms with Crippen LogP contribution in [0.4, 0.5) is 5.69 Å². The standard InChI is InChI=1S/C19H19N2O2.HI/c1-4-20-17-12-8-9-13-18(17)23-19(20)14(2)21(15(3)22)16-10-6-5-7-11-16;/h5-13H,2,4H2,1,3H3;1H/q+1;/p-1. The number of nitrogens with zero attached hydrogens (tertiary/aromatic N) is 2. The summed E-state index contributed by atoms with van der Waals surface area (Å²) in [6, 6.07) is 17.3. The molecule has 1 heterocycles. The second-order valence-corrected chi connectivity index (χ2v) is 5.26. The highest BCUT2D eigenvalue weighted by molar-refractivity contribution is 6.03. The normalized spacial score (nSPS) is 10.2. The van der Waals surface area contributed by atoms with Gasteiger partial charge in [0.1, 0.15) is 6.54 Å². The van der Waals surface area contributed by atoms with E-state index in [1.54, 1.807) is 4.90 Å². The molecule has 1 aromatic heterocycles. The predicted octanol–water partition coefficient (Wildman–Crippen LogP) is 0.768.